The van der Waals surface area contributed by atoms with Crippen molar-refractivity contribution >= 4 is 6.21 Å². The molecule has 1 N–H and O–H groups in total. The average molecular weight is 423 g/mol. The van der Waals surface area contributed by atoms with Crippen LogP contribution in [0.4, 0.5) is 26.3 Å². The third kappa shape index (κ3) is 4.24. The second kappa shape index (κ2) is 8.05. The molecule has 0 aliphatic heterocycles. The molecule has 0 aliphatic rings. The van der Waals surface area contributed by atoms with Crippen LogP contribution >= 0.6 is 0 Å². The van der Waals surface area contributed by atoms with Gasteiger partial charge in [0.1, 0.15) is 12.4 Å². The van der Waals surface area contributed by atoms with Crippen LogP contribution in [0.2, 0.25) is 0 Å². The van der Waals surface area contributed by atoms with Crippen molar-refractivity contribution in [2.75, 3.05) is 6.61 Å². The van der Waals surface area contributed by atoms with E-state index in [2.05, 4.69) is 10.1 Å². The molecule has 0 aliphatic carbocycles. The molecule has 160 valence electrons. The molecule has 11 heteroatoms. The number of imidazole rings is 1. The van der Waals surface area contributed by atoms with Gasteiger partial charge in [-0.1, -0.05) is 31.1 Å². The predicted molar refractivity (Wildman–Crippen MR) is 92.9 cm³/mol. The van der Waals surface area contributed by atoms with Gasteiger partial charge in [-0.25, -0.2) is 4.98 Å². The molecule has 0 spiro atoms. The molecule has 0 unspecified atom stereocenters. The van der Waals surface area contributed by atoms with E-state index in [0.717, 1.165) is 12.1 Å². The lowest BCUT2D eigenvalue weighted by Crippen LogP contribution is -2.53. The third-order valence-corrected chi connectivity index (χ3v) is 4.09. The second-order valence-electron chi connectivity index (χ2n) is 6.44. The monoisotopic (exact) mass is 423 g/mol. The summed E-state index contributed by atoms with van der Waals surface area (Å²) in [4.78, 5) is 9.11. The van der Waals surface area contributed by atoms with E-state index in [1.54, 1.807) is 6.92 Å². The van der Waals surface area contributed by atoms with Crippen LogP contribution < -0.4 is 0 Å². The van der Waals surface area contributed by atoms with Crippen molar-refractivity contribution < 1.29 is 36.3 Å². The largest absolute Gasteiger partial charge is 0.430 e. The number of rotatable bonds is 6. The molecular weight excluding hydrogens is 404 g/mol. The van der Waals surface area contributed by atoms with Crippen LogP contribution in [-0.2, 0) is 10.4 Å². The number of halogens is 6. The number of nitrogens with zero attached hydrogens (tertiary/aromatic N) is 3. The molecule has 1 aromatic carbocycles. The molecule has 0 fully saturated rings. The Hall–Kier alpha value is -2.56. The van der Waals surface area contributed by atoms with Crippen LogP contribution in [0, 0.1) is 0 Å². The summed E-state index contributed by atoms with van der Waals surface area (Å²) in [5, 5.41) is 13.2. The lowest BCUT2D eigenvalue weighted by molar-refractivity contribution is -0.376. The first-order valence-electron chi connectivity index (χ1n) is 8.54. The van der Waals surface area contributed by atoms with Crippen LogP contribution in [-0.4, -0.2) is 39.8 Å². The maximum atomic E-state index is 13.1. The van der Waals surface area contributed by atoms with E-state index in [1.165, 1.54) is 17.0 Å². The van der Waals surface area contributed by atoms with Crippen LogP contribution in [0.1, 0.15) is 43.8 Å². The van der Waals surface area contributed by atoms with Gasteiger partial charge in [-0.15, -0.1) is 0 Å². The van der Waals surface area contributed by atoms with Crippen molar-refractivity contribution in [3.8, 4) is 5.69 Å². The molecular formula is C18H19F6N3O2. The molecule has 0 bridgehead atoms. The molecule has 0 radical (unpaired) electrons. The number of alkyl halides is 6. The zero-order valence-electron chi connectivity index (χ0n) is 15.7. The van der Waals surface area contributed by atoms with E-state index in [-0.39, 0.29) is 11.6 Å². The number of hydrogen-bond acceptors (Lipinski definition) is 4. The summed E-state index contributed by atoms with van der Waals surface area (Å²) in [7, 11) is 0. The lowest BCUT2D eigenvalue weighted by Gasteiger charge is -2.32. The van der Waals surface area contributed by atoms with Gasteiger partial charge in [-0.3, -0.25) is 4.57 Å². The zero-order valence-corrected chi connectivity index (χ0v) is 15.7. The van der Waals surface area contributed by atoms with Gasteiger partial charge in [-0.2, -0.15) is 26.3 Å². The standard InChI is InChI=1S/C18H19F6N3O2/c1-4-29-26-10-14-9-25-15(11(2)3)27(14)13-7-5-12(6-8-13)16(28,17(19,20)21)18(22,23)24/h5-11,28H,4H2,1-3H3/b26-10+. The summed E-state index contributed by atoms with van der Waals surface area (Å²) in [6.45, 7) is 5.67. The minimum Gasteiger partial charge on any atom is -0.396 e. The van der Waals surface area contributed by atoms with Gasteiger partial charge in [0.25, 0.3) is 5.60 Å². The minimum atomic E-state index is -5.94. The Bertz CT molecular complexity index is 840. The van der Waals surface area contributed by atoms with Gasteiger partial charge >= 0.3 is 12.4 Å². The highest BCUT2D eigenvalue weighted by atomic mass is 19.4. The summed E-state index contributed by atoms with van der Waals surface area (Å²) in [6, 6.07) is 3.26. The molecule has 0 atom stereocenters. The topological polar surface area (TPSA) is 59.6 Å². The predicted octanol–water partition coefficient (Wildman–Crippen LogP) is 4.68. The first-order valence-corrected chi connectivity index (χ1v) is 8.54. The smallest absolute Gasteiger partial charge is 0.396 e. The SMILES string of the molecule is CCO/N=C/c1cnc(C(C)C)n1-c1ccc(C(O)(C(F)(F)F)C(F)(F)F)cc1. The van der Waals surface area contributed by atoms with Crippen LogP contribution in [0.3, 0.4) is 0 Å². The minimum absolute atomic E-state index is 0.105. The summed E-state index contributed by atoms with van der Waals surface area (Å²) >= 11 is 0. The summed E-state index contributed by atoms with van der Waals surface area (Å²) in [5.41, 5.74) is -5.65. The number of benzene rings is 1. The molecule has 0 amide bonds. The van der Waals surface area contributed by atoms with Gasteiger partial charge in [0, 0.05) is 17.2 Å². The van der Waals surface area contributed by atoms with Crippen molar-refractivity contribution in [1.29, 1.82) is 0 Å². The van der Waals surface area contributed by atoms with E-state index in [9.17, 15) is 31.4 Å². The Kier molecular flexibility index (Phi) is 6.31. The number of aromatic nitrogens is 2. The Morgan fingerprint density at radius 1 is 1.10 bits per heavy atom. The molecule has 0 saturated carbocycles. The van der Waals surface area contributed by atoms with E-state index < -0.39 is 23.5 Å². The zero-order chi connectivity index (χ0) is 22.0. The highest BCUT2D eigenvalue weighted by Gasteiger charge is 2.71. The molecule has 2 rings (SSSR count). The Morgan fingerprint density at radius 2 is 1.66 bits per heavy atom. The first-order chi connectivity index (χ1) is 13.3. The Balaban J connectivity index is 2.56. The average Bonchev–Trinajstić information content (AvgIpc) is 3.03. The summed E-state index contributed by atoms with van der Waals surface area (Å²) < 4.78 is 79.8. The van der Waals surface area contributed by atoms with Crippen molar-refractivity contribution in [2.45, 2.75) is 44.6 Å². The van der Waals surface area contributed by atoms with E-state index in [4.69, 9.17) is 4.84 Å². The highest BCUT2D eigenvalue weighted by Crippen LogP contribution is 2.50. The fourth-order valence-electron chi connectivity index (χ4n) is 2.67. The highest BCUT2D eigenvalue weighted by molar-refractivity contribution is 5.78. The lowest BCUT2D eigenvalue weighted by atomic mass is 9.92. The molecule has 2 aromatic rings. The number of hydrogen-bond donors (Lipinski definition) is 1. The molecule has 29 heavy (non-hydrogen) atoms. The Morgan fingerprint density at radius 3 is 2.10 bits per heavy atom. The van der Waals surface area contributed by atoms with Gasteiger partial charge in [0.15, 0.2) is 0 Å². The molecule has 5 nitrogen and oxygen atoms in total. The van der Waals surface area contributed by atoms with Gasteiger partial charge in [0.05, 0.1) is 18.1 Å². The van der Waals surface area contributed by atoms with Crippen molar-refractivity contribution in [2.24, 2.45) is 5.16 Å². The van der Waals surface area contributed by atoms with E-state index in [0.29, 0.717) is 30.3 Å². The fourth-order valence-corrected chi connectivity index (χ4v) is 2.67. The van der Waals surface area contributed by atoms with Crippen molar-refractivity contribution in [3.05, 3.63) is 47.5 Å². The van der Waals surface area contributed by atoms with Crippen molar-refractivity contribution in [1.82, 2.24) is 9.55 Å². The van der Waals surface area contributed by atoms with Gasteiger partial charge < -0.3 is 9.94 Å². The molecule has 1 heterocycles. The first kappa shape index (κ1) is 22.7. The van der Waals surface area contributed by atoms with Crippen LogP contribution in [0.25, 0.3) is 5.69 Å². The van der Waals surface area contributed by atoms with E-state index >= 15 is 0 Å². The van der Waals surface area contributed by atoms with Crippen LogP contribution in [0.5, 0.6) is 0 Å². The quantitative estimate of drug-likeness (QED) is 0.417. The second-order valence-corrected chi connectivity index (χ2v) is 6.44. The summed E-state index contributed by atoms with van der Waals surface area (Å²) in [6.07, 6.45) is -9.11. The maximum Gasteiger partial charge on any atom is 0.430 e. The van der Waals surface area contributed by atoms with E-state index in [1.807, 2.05) is 13.8 Å². The third-order valence-electron chi connectivity index (χ3n) is 4.09. The van der Waals surface area contributed by atoms with Crippen LogP contribution in [0.15, 0.2) is 35.6 Å². The molecule has 1 aromatic heterocycles. The Labute approximate surface area is 162 Å². The summed E-state index contributed by atoms with van der Waals surface area (Å²) in [5.74, 6) is 0.406. The van der Waals surface area contributed by atoms with Crippen molar-refractivity contribution in [3.63, 3.8) is 0 Å². The number of oxime groups is 1. The van der Waals surface area contributed by atoms with Gasteiger partial charge in [-0.05, 0) is 19.1 Å². The fraction of sp³-hybridized carbons (Fsp3) is 0.444. The number of aliphatic hydroxyl groups is 1. The normalized spacial score (nSPS) is 13.5. The maximum absolute atomic E-state index is 13.1. The van der Waals surface area contributed by atoms with Gasteiger partial charge in [0.2, 0.25) is 0 Å². The molecule has 0 saturated heterocycles.